The Morgan fingerprint density at radius 1 is 1.12 bits per heavy atom. The maximum Gasteiger partial charge on any atom is 0.265 e. The molecule has 6 heteroatoms. The van der Waals surface area contributed by atoms with Gasteiger partial charge in [-0.15, -0.1) is 11.3 Å². The van der Waals surface area contributed by atoms with E-state index in [4.69, 9.17) is 9.47 Å². The summed E-state index contributed by atoms with van der Waals surface area (Å²) in [6, 6.07) is 14.8. The number of amides is 1. The molecule has 0 aliphatic carbocycles. The van der Waals surface area contributed by atoms with Gasteiger partial charge in [0.15, 0.2) is 6.61 Å². The number of hydrogen-bond acceptors (Lipinski definition) is 5. The van der Waals surface area contributed by atoms with Crippen molar-refractivity contribution in [2.45, 2.75) is 6.54 Å². The highest BCUT2D eigenvalue weighted by molar-refractivity contribution is 7.09. The molecule has 0 bridgehead atoms. The quantitative estimate of drug-likeness (QED) is 0.648. The summed E-state index contributed by atoms with van der Waals surface area (Å²) in [7, 11) is 1.61. The molecule has 0 spiro atoms. The fourth-order valence-corrected chi connectivity index (χ4v) is 2.98. The van der Waals surface area contributed by atoms with Crippen LogP contribution in [0.4, 0.5) is 5.69 Å². The Balaban J connectivity index is 1.70. The van der Waals surface area contributed by atoms with Crippen LogP contribution in [-0.2, 0) is 11.3 Å². The van der Waals surface area contributed by atoms with E-state index in [9.17, 15) is 4.79 Å². The van der Waals surface area contributed by atoms with E-state index in [-0.39, 0.29) is 12.5 Å². The van der Waals surface area contributed by atoms with Crippen molar-refractivity contribution in [3.8, 4) is 11.5 Å². The van der Waals surface area contributed by atoms with Gasteiger partial charge in [0.25, 0.3) is 5.91 Å². The first-order chi connectivity index (χ1) is 12.3. The van der Waals surface area contributed by atoms with Gasteiger partial charge in [-0.1, -0.05) is 6.07 Å². The molecule has 1 amide bonds. The first kappa shape index (κ1) is 17.0. The number of carbonyl (C=O) groups is 1. The molecule has 0 saturated heterocycles. The first-order valence-corrected chi connectivity index (χ1v) is 8.64. The van der Waals surface area contributed by atoms with Crippen molar-refractivity contribution in [1.29, 1.82) is 0 Å². The van der Waals surface area contributed by atoms with E-state index < -0.39 is 0 Å². The number of pyridine rings is 1. The lowest BCUT2D eigenvalue weighted by molar-refractivity contribution is -0.120. The minimum atomic E-state index is -0.128. The normalized spacial score (nSPS) is 10.3. The van der Waals surface area contributed by atoms with Crippen LogP contribution in [0.3, 0.4) is 0 Å². The summed E-state index contributed by atoms with van der Waals surface area (Å²) in [5.74, 6) is 1.24. The number of rotatable bonds is 7. The van der Waals surface area contributed by atoms with Crippen LogP contribution in [-0.4, -0.2) is 24.6 Å². The largest absolute Gasteiger partial charge is 0.497 e. The summed E-state index contributed by atoms with van der Waals surface area (Å²) < 4.78 is 10.7. The molecule has 0 fully saturated rings. The molecular weight excluding hydrogens is 336 g/mol. The van der Waals surface area contributed by atoms with Crippen LogP contribution in [0.15, 0.2) is 66.3 Å². The van der Waals surface area contributed by atoms with Gasteiger partial charge in [-0.05, 0) is 47.8 Å². The number of methoxy groups -OCH3 is 1. The molecular formula is C19H18N2O3S. The van der Waals surface area contributed by atoms with Gasteiger partial charge in [-0.25, -0.2) is 0 Å². The van der Waals surface area contributed by atoms with Crippen LogP contribution < -0.4 is 14.4 Å². The molecule has 0 N–H and O–H groups in total. The van der Waals surface area contributed by atoms with Gasteiger partial charge in [0.05, 0.1) is 25.5 Å². The third kappa shape index (κ3) is 4.58. The highest BCUT2D eigenvalue weighted by Gasteiger charge is 2.17. The number of thiophene rings is 1. The zero-order valence-electron chi connectivity index (χ0n) is 13.8. The monoisotopic (exact) mass is 354 g/mol. The maximum absolute atomic E-state index is 12.7. The summed E-state index contributed by atoms with van der Waals surface area (Å²) in [6.07, 6.45) is 3.37. The van der Waals surface area contributed by atoms with Gasteiger partial charge in [-0.2, -0.15) is 0 Å². The smallest absolute Gasteiger partial charge is 0.265 e. The molecule has 0 aliphatic rings. The van der Waals surface area contributed by atoms with Crippen LogP contribution in [0.25, 0.3) is 0 Å². The highest BCUT2D eigenvalue weighted by Crippen LogP contribution is 2.20. The van der Waals surface area contributed by atoms with Crippen molar-refractivity contribution < 1.29 is 14.3 Å². The molecule has 3 aromatic rings. The van der Waals surface area contributed by atoms with Crippen molar-refractivity contribution in [2.75, 3.05) is 18.6 Å². The Hall–Kier alpha value is -2.86. The summed E-state index contributed by atoms with van der Waals surface area (Å²) in [5.41, 5.74) is 0.749. The average molecular weight is 354 g/mol. The van der Waals surface area contributed by atoms with E-state index in [1.54, 1.807) is 60.0 Å². The van der Waals surface area contributed by atoms with Gasteiger partial charge >= 0.3 is 0 Å². The Kier molecular flexibility index (Phi) is 5.64. The molecule has 25 heavy (non-hydrogen) atoms. The molecule has 0 saturated carbocycles. The highest BCUT2D eigenvalue weighted by atomic mass is 32.1. The third-order valence-electron chi connectivity index (χ3n) is 3.57. The lowest BCUT2D eigenvalue weighted by Crippen LogP contribution is -2.34. The summed E-state index contributed by atoms with van der Waals surface area (Å²) in [5, 5.41) is 2.00. The SMILES string of the molecule is COc1ccc(OCC(=O)N(Cc2cccs2)c2cccnc2)cc1. The van der Waals surface area contributed by atoms with Crippen molar-refractivity contribution in [1.82, 2.24) is 4.98 Å². The van der Waals surface area contributed by atoms with Crippen LogP contribution in [0.1, 0.15) is 4.88 Å². The second-order valence-corrected chi connectivity index (χ2v) is 6.27. The zero-order chi connectivity index (χ0) is 17.5. The summed E-state index contributed by atoms with van der Waals surface area (Å²) >= 11 is 1.61. The Morgan fingerprint density at radius 3 is 2.56 bits per heavy atom. The van der Waals surface area contributed by atoms with Gasteiger partial charge in [-0.3, -0.25) is 9.78 Å². The summed E-state index contributed by atoms with van der Waals surface area (Å²) in [4.78, 5) is 19.6. The molecule has 0 radical (unpaired) electrons. The molecule has 2 heterocycles. The molecule has 0 aliphatic heterocycles. The van der Waals surface area contributed by atoms with E-state index in [2.05, 4.69) is 4.98 Å². The minimum Gasteiger partial charge on any atom is -0.497 e. The number of carbonyl (C=O) groups excluding carboxylic acids is 1. The van der Waals surface area contributed by atoms with Crippen molar-refractivity contribution >= 4 is 22.9 Å². The molecule has 0 unspecified atom stereocenters. The standard InChI is InChI=1S/C19H18N2O3S/c1-23-16-6-8-17(9-7-16)24-14-19(22)21(13-18-5-3-11-25-18)15-4-2-10-20-12-15/h2-12H,13-14H2,1H3. The second-order valence-electron chi connectivity index (χ2n) is 5.23. The second kappa shape index (κ2) is 8.30. The Labute approximate surface area is 150 Å². The molecule has 1 aromatic carbocycles. The van der Waals surface area contributed by atoms with Crippen LogP contribution in [0.5, 0.6) is 11.5 Å². The van der Waals surface area contributed by atoms with Crippen LogP contribution in [0.2, 0.25) is 0 Å². The Bertz CT molecular complexity index is 789. The number of nitrogens with zero attached hydrogens (tertiary/aromatic N) is 2. The fourth-order valence-electron chi connectivity index (χ4n) is 2.29. The lowest BCUT2D eigenvalue weighted by Gasteiger charge is -2.22. The Morgan fingerprint density at radius 2 is 1.92 bits per heavy atom. The molecule has 0 atom stereocenters. The maximum atomic E-state index is 12.7. The number of ether oxygens (including phenoxy) is 2. The topological polar surface area (TPSA) is 51.7 Å². The lowest BCUT2D eigenvalue weighted by atomic mass is 10.3. The molecule has 128 valence electrons. The van der Waals surface area contributed by atoms with E-state index in [1.807, 2.05) is 29.6 Å². The molecule has 3 rings (SSSR count). The number of aromatic nitrogens is 1. The van der Waals surface area contributed by atoms with Crippen molar-refractivity contribution in [3.05, 3.63) is 71.2 Å². The van der Waals surface area contributed by atoms with Crippen molar-refractivity contribution in [3.63, 3.8) is 0 Å². The van der Waals surface area contributed by atoms with E-state index in [1.165, 1.54) is 0 Å². The first-order valence-electron chi connectivity index (χ1n) is 7.76. The fraction of sp³-hybridized carbons (Fsp3) is 0.158. The van der Waals surface area contributed by atoms with Crippen molar-refractivity contribution in [2.24, 2.45) is 0 Å². The summed E-state index contributed by atoms with van der Waals surface area (Å²) in [6.45, 7) is 0.445. The van der Waals surface area contributed by atoms with E-state index in [0.29, 0.717) is 12.3 Å². The predicted octanol–water partition coefficient (Wildman–Crippen LogP) is 3.76. The van der Waals surface area contributed by atoms with E-state index >= 15 is 0 Å². The minimum absolute atomic E-state index is 0.0490. The van der Waals surface area contributed by atoms with Gasteiger partial charge in [0.2, 0.25) is 0 Å². The predicted molar refractivity (Wildman–Crippen MR) is 98.2 cm³/mol. The zero-order valence-corrected chi connectivity index (χ0v) is 14.6. The van der Waals surface area contributed by atoms with Gasteiger partial charge in [0.1, 0.15) is 11.5 Å². The van der Waals surface area contributed by atoms with Crippen LogP contribution >= 0.6 is 11.3 Å². The number of benzene rings is 1. The van der Waals surface area contributed by atoms with Crippen LogP contribution in [0, 0.1) is 0 Å². The van der Waals surface area contributed by atoms with Gasteiger partial charge in [0, 0.05) is 11.1 Å². The number of hydrogen-bond donors (Lipinski definition) is 0. The number of anilines is 1. The third-order valence-corrected chi connectivity index (χ3v) is 4.44. The average Bonchev–Trinajstić information content (AvgIpc) is 3.18. The van der Waals surface area contributed by atoms with E-state index in [0.717, 1.165) is 16.3 Å². The molecule has 5 nitrogen and oxygen atoms in total. The molecule has 2 aromatic heterocycles. The van der Waals surface area contributed by atoms with Gasteiger partial charge < -0.3 is 14.4 Å².